The van der Waals surface area contributed by atoms with E-state index in [0.717, 1.165) is 16.7 Å². The van der Waals surface area contributed by atoms with Crippen LogP contribution in [0.4, 0.5) is 0 Å². The Morgan fingerprint density at radius 2 is 1.82 bits per heavy atom. The van der Waals surface area contributed by atoms with Crippen molar-refractivity contribution in [1.29, 1.82) is 0 Å². The van der Waals surface area contributed by atoms with Crippen LogP contribution in [0.3, 0.4) is 0 Å². The summed E-state index contributed by atoms with van der Waals surface area (Å²) in [6.45, 7) is 1.30. The Bertz CT molecular complexity index is 838. The third kappa shape index (κ3) is 4.75. The van der Waals surface area contributed by atoms with E-state index in [1.54, 1.807) is 23.7 Å². The normalized spacial score (nSPS) is 16.3. The van der Waals surface area contributed by atoms with Crippen molar-refractivity contribution >= 4 is 23.6 Å². The number of thioether (sulfide) groups is 1. The molecule has 0 spiro atoms. The largest absolute Gasteiger partial charge is 0.468 e. The van der Waals surface area contributed by atoms with Crippen molar-refractivity contribution in [2.75, 3.05) is 27.0 Å². The Kier molecular flexibility index (Phi) is 6.75. The van der Waals surface area contributed by atoms with Gasteiger partial charge >= 0.3 is 5.97 Å². The molecule has 2 aromatic carbocycles. The number of amides is 1. The number of rotatable bonds is 6. The molecule has 28 heavy (non-hydrogen) atoms. The molecule has 2 aromatic rings. The minimum Gasteiger partial charge on any atom is -0.468 e. The SMILES string of the molecule is COC(=O)[C@H]1Cc2ccccc2CN1CC(=O)N(C)Cc1ccc(SC)cc1. The molecule has 0 saturated carbocycles. The first-order chi connectivity index (χ1) is 13.5. The minimum atomic E-state index is -0.432. The molecule has 0 radical (unpaired) electrons. The highest BCUT2D eigenvalue weighted by molar-refractivity contribution is 7.98. The summed E-state index contributed by atoms with van der Waals surface area (Å²) in [5, 5.41) is 0. The van der Waals surface area contributed by atoms with Crippen LogP contribution < -0.4 is 0 Å². The molecule has 148 valence electrons. The Hall–Kier alpha value is -2.31. The van der Waals surface area contributed by atoms with Crippen LogP contribution in [0.5, 0.6) is 0 Å². The fraction of sp³-hybridized carbons (Fsp3) is 0.364. The number of benzene rings is 2. The van der Waals surface area contributed by atoms with E-state index in [0.29, 0.717) is 19.5 Å². The third-order valence-electron chi connectivity index (χ3n) is 5.16. The monoisotopic (exact) mass is 398 g/mol. The van der Waals surface area contributed by atoms with Crippen LogP contribution in [0.15, 0.2) is 53.4 Å². The zero-order valence-electron chi connectivity index (χ0n) is 16.6. The van der Waals surface area contributed by atoms with E-state index in [1.807, 2.05) is 41.5 Å². The van der Waals surface area contributed by atoms with Gasteiger partial charge in [-0.05, 0) is 41.5 Å². The number of fused-ring (bicyclic) bond motifs is 1. The van der Waals surface area contributed by atoms with E-state index in [2.05, 4.69) is 18.2 Å². The summed E-state index contributed by atoms with van der Waals surface area (Å²) in [5.41, 5.74) is 3.39. The molecule has 1 heterocycles. The average molecular weight is 399 g/mol. The number of carbonyl (C=O) groups is 2. The molecule has 0 fully saturated rings. The molecule has 0 unspecified atom stereocenters. The molecule has 5 nitrogen and oxygen atoms in total. The van der Waals surface area contributed by atoms with Crippen molar-refractivity contribution in [3.8, 4) is 0 Å². The van der Waals surface area contributed by atoms with Crippen molar-refractivity contribution < 1.29 is 14.3 Å². The van der Waals surface area contributed by atoms with E-state index in [4.69, 9.17) is 4.74 Å². The van der Waals surface area contributed by atoms with Gasteiger partial charge in [-0.15, -0.1) is 11.8 Å². The van der Waals surface area contributed by atoms with Gasteiger partial charge in [-0.2, -0.15) is 0 Å². The number of ether oxygens (including phenoxy) is 1. The lowest BCUT2D eigenvalue weighted by atomic mass is 9.94. The summed E-state index contributed by atoms with van der Waals surface area (Å²) in [5.74, 6) is -0.306. The fourth-order valence-electron chi connectivity index (χ4n) is 3.50. The first-order valence-electron chi connectivity index (χ1n) is 9.27. The van der Waals surface area contributed by atoms with Gasteiger partial charge in [-0.3, -0.25) is 14.5 Å². The Balaban J connectivity index is 1.68. The van der Waals surface area contributed by atoms with Gasteiger partial charge in [0.2, 0.25) is 5.91 Å². The van der Waals surface area contributed by atoms with Crippen LogP contribution in [0.25, 0.3) is 0 Å². The lowest BCUT2D eigenvalue weighted by Crippen LogP contribution is -2.50. The van der Waals surface area contributed by atoms with Crippen molar-refractivity contribution in [1.82, 2.24) is 9.80 Å². The summed E-state index contributed by atoms with van der Waals surface area (Å²) in [6.07, 6.45) is 2.61. The van der Waals surface area contributed by atoms with E-state index < -0.39 is 6.04 Å². The molecule has 1 aliphatic heterocycles. The zero-order valence-corrected chi connectivity index (χ0v) is 17.4. The molecular weight excluding hydrogens is 372 g/mol. The number of methoxy groups -OCH3 is 1. The van der Waals surface area contributed by atoms with Gasteiger partial charge in [0.1, 0.15) is 6.04 Å². The maximum absolute atomic E-state index is 12.8. The predicted octanol–water partition coefficient (Wildman–Crippen LogP) is 2.97. The second-order valence-electron chi connectivity index (χ2n) is 7.01. The van der Waals surface area contributed by atoms with Gasteiger partial charge < -0.3 is 9.64 Å². The number of hydrogen-bond donors (Lipinski definition) is 0. The van der Waals surface area contributed by atoms with Crippen molar-refractivity contribution in [3.05, 3.63) is 65.2 Å². The Morgan fingerprint density at radius 1 is 1.14 bits per heavy atom. The van der Waals surface area contributed by atoms with Gasteiger partial charge in [-0.1, -0.05) is 36.4 Å². The molecule has 0 saturated heterocycles. The predicted molar refractivity (Wildman–Crippen MR) is 111 cm³/mol. The lowest BCUT2D eigenvalue weighted by molar-refractivity contribution is -0.149. The Labute approximate surface area is 170 Å². The maximum atomic E-state index is 12.8. The van der Waals surface area contributed by atoms with Gasteiger partial charge in [0, 0.05) is 25.0 Å². The molecule has 3 rings (SSSR count). The summed E-state index contributed by atoms with van der Waals surface area (Å²) >= 11 is 1.69. The van der Waals surface area contributed by atoms with Crippen LogP contribution in [-0.2, 0) is 33.8 Å². The number of esters is 1. The van der Waals surface area contributed by atoms with Crippen LogP contribution in [0.2, 0.25) is 0 Å². The first kappa shape index (κ1) is 20.4. The van der Waals surface area contributed by atoms with E-state index >= 15 is 0 Å². The second-order valence-corrected chi connectivity index (χ2v) is 7.89. The lowest BCUT2D eigenvalue weighted by Gasteiger charge is -2.35. The summed E-state index contributed by atoms with van der Waals surface area (Å²) in [4.78, 5) is 30.0. The molecule has 0 aromatic heterocycles. The van der Waals surface area contributed by atoms with Crippen LogP contribution in [-0.4, -0.2) is 54.7 Å². The first-order valence-corrected chi connectivity index (χ1v) is 10.5. The number of carbonyl (C=O) groups excluding carboxylic acids is 2. The maximum Gasteiger partial charge on any atom is 0.323 e. The molecule has 1 amide bonds. The summed E-state index contributed by atoms with van der Waals surface area (Å²) in [7, 11) is 3.20. The number of hydrogen-bond acceptors (Lipinski definition) is 5. The van der Waals surface area contributed by atoms with Gasteiger partial charge in [0.05, 0.1) is 13.7 Å². The molecule has 6 heteroatoms. The molecular formula is C22H26N2O3S. The van der Waals surface area contributed by atoms with Crippen LogP contribution in [0, 0.1) is 0 Å². The topological polar surface area (TPSA) is 49.9 Å². The average Bonchev–Trinajstić information content (AvgIpc) is 2.73. The summed E-state index contributed by atoms with van der Waals surface area (Å²) in [6, 6.07) is 15.8. The molecule has 1 aliphatic rings. The highest BCUT2D eigenvalue weighted by atomic mass is 32.2. The van der Waals surface area contributed by atoms with E-state index in [9.17, 15) is 9.59 Å². The van der Waals surface area contributed by atoms with Crippen molar-refractivity contribution in [2.24, 2.45) is 0 Å². The third-order valence-corrected chi connectivity index (χ3v) is 5.91. The fourth-order valence-corrected chi connectivity index (χ4v) is 3.91. The van der Waals surface area contributed by atoms with Gasteiger partial charge in [-0.25, -0.2) is 0 Å². The summed E-state index contributed by atoms with van der Waals surface area (Å²) < 4.78 is 4.99. The standard InChI is InChI=1S/C22H26N2O3S/c1-23(13-16-8-10-19(28-3)11-9-16)21(25)15-24-14-18-7-5-4-6-17(18)12-20(24)22(26)27-2/h4-11,20H,12-15H2,1-3H3/t20-/m1/s1. The van der Waals surface area contributed by atoms with Crippen LogP contribution >= 0.6 is 11.8 Å². The zero-order chi connectivity index (χ0) is 20.1. The highest BCUT2D eigenvalue weighted by Crippen LogP contribution is 2.24. The minimum absolute atomic E-state index is 0.0118. The Morgan fingerprint density at radius 3 is 2.46 bits per heavy atom. The highest BCUT2D eigenvalue weighted by Gasteiger charge is 2.33. The molecule has 0 bridgehead atoms. The van der Waals surface area contributed by atoms with Crippen LogP contribution in [0.1, 0.15) is 16.7 Å². The smallest absolute Gasteiger partial charge is 0.323 e. The second kappa shape index (κ2) is 9.26. The van der Waals surface area contributed by atoms with Crippen molar-refractivity contribution in [3.63, 3.8) is 0 Å². The van der Waals surface area contributed by atoms with E-state index in [-0.39, 0.29) is 18.4 Å². The quantitative estimate of drug-likeness (QED) is 0.553. The number of nitrogens with zero attached hydrogens (tertiary/aromatic N) is 2. The number of likely N-dealkylation sites (N-methyl/N-ethyl adjacent to an activating group) is 1. The van der Waals surface area contributed by atoms with Gasteiger partial charge in [0.25, 0.3) is 0 Å². The van der Waals surface area contributed by atoms with Gasteiger partial charge in [0.15, 0.2) is 0 Å². The van der Waals surface area contributed by atoms with E-state index in [1.165, 1.54) is 12.0 Å². The van der Waals surface area contributed by atoms with Crippen molar-refractivity contribution in [2.45, 2.75) is 30.4 Å². The molecule has 0 N–H and O–H groups in total. The molecule has 1 atom stereocenters. The molecule has 0 aliphatic carbocycles.